The Morgan fingerprint density at radius 3 is 2.80 bits per heavy atom. The molecule has 0 spiro atoms. The van der Waals surface area contributed by atoms with Gasteiger partial charge in [-0.05, 0) is 30.7 Å². The molecule has 3 unspecified atom stereocenters. The summed E-state index contributed by atoms with van der Waals surface area (Å²) in [5.41, 5.74) is 0.431. The zero-order chi connectivity index (χ0) is 21.1. The minimum absolute atomic E-state index is 0.0190. The van der Waals surface area contributed by atoms with E-state index >= 15 is 0 Å². The summed E-state index contributed by atoms with van der Waals surface area (Å²) in [5.74, 6) is 0.632. The summed E-state index contributed by atoms with van der Waals surface area (Å²) in [5, 5.41) is 15.4. The highest BCUT2D eigenvalue weighted by Gasteiger charge is 2.63. The van der Waals surface area contributed by atoms with Crippen molar-refractivity contribution in [2.24, 2.45) is 11.1 Å². The molecule has 2 saturated heterocycles. The minimum atomic E-state index is -0.313. The summed E-state index contributed by atoms with van der Waals surface area (Å²) in [6, 6.07) is 7.04. The summed E-state index contributed by atoms with van der Waals surface area (Å²) in [6.45, 7) is 3.59. The maximum absolute atomic E-state index is 12.8. The van der Waals surface area contributed by atoms with Gasteiger partial charge >= 0.3 is 0 Å². The van der Waals surface area contributed by atoms with Crippen LogP contribution in [-0.4, -0.2) is 54.7 Å². The Kier molecular flexibility index (Phi) is 6.32. The van der Waals surface area contributed by atoms with Crippen molar-refractivity contribution >= 4 is 23.1 Å². The first kappa shape index (κ1) is 21.2. The molecular formula is C22H26ClNO6. The van der Waals surface area contributed by atoms with E-state index in [0.717, 1.165) is 6.42 Å². The molecule has 0 bridgehead atoms. The fourth-order valence-corrected chi connectivity index (χ4v) is 4.44. The molecule has 0 saturated carbocycles. The molecule has 8 heteroatoms. The molecule has 1 aliphatic carbocycles. The van der Waals surface area contributed by atoms with Crippen LogP contribution in [0.2, 0.25) is 5.02 Å². The van der Waals surface area contributed by atoms with Crippen molar-refractivity contribution in [1.29, 1.82) is 0 Å². The number of allylic oxidation sites excluding steroid dienone is 2. The number of nitrogens with zero attached hydrogens (tertiary/aromatic N) is 1. The van der Waals surface area contributed by atoms with Gasteiger partial charge in [-0.15, -0.1) is 0 Å². The fraction of sp³-hybridized carbons (Fsp3) is 0.545. The molecule has 4 rings (SSSR count). The molecule has 2 heterocycles. The lowest BCUT2D eigenvalue weighted by Gasteiger charge is -2.30. The number of aliphatic hydroxyl groups excluding tert-OH is 1. The SMILES string of the molecule is CCC(=NOCCOc1ccc(Cl)cc1)C1=C(O)CC(C23CCOCC2O3)CC1=O. The van der Waals surface area contributed by atoms with Crippen LogP contribution in [0.5, 0.6) is 5.75 Å². The van der Waals surface area contributed by atoms with E-state index in [9.17, 15) is 9.90 Å². The zero-order valence-electron chi connectivity index (χ0n) is 16.9. The van der Waals surface area contributed by atoms with Gasteiger partial charge in [0.25, 0.3) is 0 Å². The monoisotopic (exact) mass is 435 g/mol. The maximum atomic E-state index is 12.8. The Hall–Kier alpha value is -2.09. The lowest BCUT2D eigenvalue weighted by atomic mass is 9.74. The summed E-state index contributed by atoms with van der Waals surface area (Å²) in [6.07, 6.45) is 2.04. The van der Waals surface area contributed by atoms with Gasteiger partial charge in [-0.1, -0.05) is 23.7 Å². The van der Waals surface area contributed by atoms with Gasteiger partial charge in [0.1, 0.15) is 29.8 Å². The number of hydrogen-bond acceptors (Lipinski definition) is 7. The number of ether oxygens (including phenoxy) is 3. The highest BCUT2D eigenvalue weighted by Crippen LogP contribution is 2.53. The van der Waals surface area contributed by atoms with E-state index in [-0.39, 0.29) is 41.3 Å². The van der Waals surface area contributed by atoms with Crippen molar-refractivity contribution in [3.63, 3.8) is 0 Å². The van der Waals surface area contributed by atoms with Gasteiger partial charge in [0, 0.05) is 36.8 Å². The van der Waals surface area contributed by atoms with Crippen molar-refractivity contribution in [3.05, 3.63) is 40.6 Å². The molecule has 1 aromatic rings. The Labute approximate surface area is 180 Å². The lowest BCUT2D eigenvalue weighted by Crippen LogP contribution is -2.38. The highest BCUT2D eigenvalue weighted by atomic mass is 35.5. The molecule has 1 N–H and O–H groups in total. The second kappa shape index (κ2) is 8.96. The van der Waals surface area contributed by atoms with Crippen LogP contribution in [0.4, 0.5) is 0 Å². The molecule has 3 atom stereocenters. The predicted octanol–water partition coefficient (Wildman–Crippen LogP) is 3.85. The minimum Gasteiger partial charge on any atom is -0.511 e. The van der Waals surface area contributed by atoms with Gasteiger partial charge in [0.05, 0.1) is 17.9 Å². The first-order valence-corrected chi connectivity index (χ1v) is 10.7. The molecule has 7 nitrogen and oxygen atoms in total. The Morgan fingerprint density at radius 1 is 1.30 bits per heavy atom. The third-order valence-electron chi connectivity index (χ3n) is 5.94. The number of benzene rings is 1. The molecule has 162 valence electrons. The van der Waals surface area contributed by atoms with Crippen LogP contribution in [-0.2, 0) is 19.1 Å². The number of fused-ring (bicyclic) bond motifs is 1. The van der Waals surface area contributed by atoms with Crippen molar-refractivity contribution in [1.82, 2.24) is 0 Å². The molecule has 1 aromatic carbocycles. The van der Waals surface area contributed by atoms with Crippen LogP contribution in [0.3, 0.4) is 0 Å². The van der Waals surface area contributed by atoms with Gasteiger partial charge in [-0.3, -0.25) is 4.79 Å². The fourth-order valence-electron chi connectivity index (χ4n) is 4.32. The maximum Gasteiger partial charge on any atom is 0.168 e. The number of carbonyl (C=O) groups is 1. The topological polar surface area (TPSA) is 89.9 Å². The van der Waals surface area contributed by atoms with Crippen LogP contribution >= 0.6 is 11.6 Å². The normalized spacial score (nSPS) is 28.9. The quantitative estimate of drug-likeness (QED) is 0.289. The van der Waals surface area contributed by atoms with E-state index in [1.54, 1.807) is 24.3 Å². The van der Waals surface area contributed by atoms with Crippen molar-refractivity contribution in [2.75, 3.05) is 26.4 Å². The predicted molar refractivity (Wildman–Crippen MR) is 111 cm³/mol. The number of hydrogen-bond donors (Lipinski definition) is 1. The third-order valence-corrected chi connectivity index (χ3v) is 6.19. The van der Waals surface area contributed by atoms with E-state index in [4.69, 9.17) is 30.6 Å². The van der Waals surface area contributed by atoms with Gasteiger partial charge in [-0.25, -0.2) is 0 Å². The number of ketones is 1. The first-order chi connectivity index (χ1) is 14.5. The van der Waals surface area contributed by atoms with Gasteiger partial charge < -0.3 is 24.2 Å². The lowest BCUT2D eigenvalue weighted by molar-refractivity contribution is -0.117. The van der Waals surface area contributed by atoms with E-state index in [2.05, 4.69) is 5.16 Å². The zero-order valence-corrected chi connectivity index (χ0v) is 17.7. The van der Waals surface area contributed by atoms with E-state index in [0.29, 0.717) is 55.6 Å². The average Bonchev–Trinajstić information content (AvgIpc) is 3.49. The van der Waals surface area contributed by atoms with E-state index in [1.807, 2.05) is 6.92 Å². The van der Waals surface area contributed by atoms with Crippen molar-refractivity contribution in [3.8, 4) is 5.75 Å². The largest absolute Gasteiger partial charge is 0.511 e. The first-order valence-electron chi connectivity index (χ1n) is 10.3. The molecule has 2 fully saturated rings. The van der Waals surface area contributed by atoms with Crippen LogP contribution in [0.15, 0.2) is 40.8 Å². The summed E-state index contributed by atoms with van der Waals surface area (Å²) < 4.78 is 16.9. The van der Waals surface area contributed by atoms with Gasteiger partial charge in [-0.2, -0.15) is 0 Å². The summed E-state index contributed by atoms with van der Waals surface area (Å²) >= 11 is 5.84. The molecule has 0 radical (unpaired) electrons. The van der Waals surface area contributed by atoms with E-state index in [1.165, 1.54) is 0 Å². The second-order valence-electron chi connectivity index (χ2n) is 7.76. The van der Waals surface area contributed by atoms with Gasteiger partial charge in [0.15, 0.2) is 12.4 Å². The Morgan fingerprint density at radius 2 is 2.10 bits per heavy atom. The standard InChI is InChI=1S/C22H26ClNO6/c1-2-17(24-29-10-9-28-16-5-3-15(23)4-6-16)21-18(25)11-14(12-19(21)26)22-7-8-27-13-20(22)30-22/h3-6,14,20,25H,2,7-13H2,1H3. The number of halogens is 1. The Balaban J connectivity index is 1.34. The number of aliphatic hydroxyl groups is 1. The summed E-state index contributed by atoms with van der Waals surface area (Å²) in [7, 11) is 0. The van der Waals surface area contributed by atoms with Crippen LogP contribution < -0.4 is 4.74 Å². The number of oxime groups is 1. The smallest absolute Gasteiger partial charge is 0.168 e. The van der Waals surface area contributed by atoms with Gasteiger partial charge in [0.2, 0.25) is 0 Å². The Bertz CT molecular complexity index is 852. The number of carbonyl (C=O) groups excluding carboxylic acids is 1. The highest BCUT2D eigenvalue weighted by molar-refractivity contribution is 6.30. The number of epoxide rings is 1. The van der Waals surface area contributed by atoms with E-state index < -0.39 is 0 Å². The number of rotatable bonds is 8. The van der Waals surface area contributed by atoms with Crippen LogP contribution in [0.25, 0.3) is 0 Å². The molecule has 0 aromatic heterocycles. The molecule has 2 aliphatic heterocycles. The third kappa shape index (κ3) is 4.33. The molecule has 0 amide bonds. The van der Waals surface area contributed by atoms with Crippen LogP contribution in [0, 0.1) is 5.92 Å². The van der Waals surface area contributed by atoms with Crippen molar-refractivity contribution in [2.45, 2.75) is 44.3 Å². The van der Waals surface area contributed by atoms with Crippen molar-refractivity contribution < 1.29 is 28.9 Å². The number of Topliss-reactive ketones (excluding diaryl/α,β-unsaturated/α-hetero) is 1. The molecule has 30 heavy (non-hydrogen) atoms. The molecule has 3 aliphatic rings. The summed E-state index contributed by atoms with van der Waals surface area (Å²) in [4.78, 5) is 18.2. The second-order valence-corrected chi connectivity index (χ2v) is 8.20. The average molecular weight is 436 g/mol. The van der Waals surface area contributed by atoms with Crippen LogP contribution in [0.1, 0.15) is 32.6 Å². The molecular weight excluding hydrogens is 410 g/mol.